The third kappa shape index (κ3) is 2.88. The normalized spacial score (nSPS) is 12.9. The minimum Gasteiger partial charge on any atom is -0.350 e. The van der Waals surface area contributed by atoms with E-state index in [-0.39, 0.29) is 16.5 Å². The van der Waals surface area contributed by atoms with Gasteiger partial charge >= 0.3 is 0 Å². The van der Waals surface area contributed by atoms with Gasteiger partial charge in [-0.25, -0.2) is 0 Å². The maximum Gasteiger partial charge on any atom is 0.292 e. The lowest BCUT2D eigenvalue weighted by molar-refractivity contribution is -0.384. The van der Waals surface area contributed by atoms with E-state index >= 15 is 0 Å². The zero-order chi connectivity index (χ0) is 16.6. The summed E-state index contributed by atoms with van der Waals surface area (Å²) in [7, 11) is 0. The van der Waals surface area contributed by atoms with Crippen molar-refractivity contribution in [2.45, 2.75) is 20.3 Å². The van der Waals surface area contributed by atoms with Crippen molar-refractivity contribution in [2.75, 3.05) is 16.8 Å². The van der Waals surface area contributed by atoms with E-state index in [9.17, 15) is 14.9 Å². The summed E-state index contributed by atoms with van der Waals surface area (Å²) in [6, 6.07) is 10.8. The second kappa shape index (κ2) is 5.72. The minimum atomic E-state index is -0.389. The monoisotopic (exact) mass is 311 g/mol. The first kappa shape index (κ1) is 15.0. The molecule has 6 heteroatoms. The predicted octanol–water partition coefficient (Wildman–Crippen LogP) is 3.56. The molecule has 1 N–H and O–H groups in total. The second-order valence-electron chi connectivity index (χ2n) is 5.67. The summed E-state index contributed by atoms with van der Waals surface area (Å²) >= 11 is 0. The van der Waals surface area contributed by atoms with Crippen LogP contribution in [0.4, 0.5) is 22.7 Å². The summed E-state index contributed by atoms with van der Waals surface area (Å²) in [5, 5.41) is 14.3. The summed E-state index contributed by atoms with van der Waals surface area (Å²) in [6.45, 7) is 4.05. The second-order valence-corrected chi connectivity index (χ2v) is 5.67. The molecule has 1 heterocycles. The SMILES string of the molecule is CC(=O)N1CCc2cc(Nc3ccc(C)cc3[N+](=O)[O-])ccc21. The van der Waals surface area contributed by atoms with Crippen molar-refractivity contribution in [3.63, 3.8) is 0 Å². The fourth-order valence-corrected chi connectivity index (χ4v) is 2.86. The largest absolute Gasteiger partial charge is 0.350 e. The molecule has 1 aliphatic heterocycles. The van der Waals surface area contributed by atoms with Crippen molar-refractivity contribution in [1.82, 2.24) is 0 Å². The molecule has 3 rings (SSSR count). The summed E-state index contributed by atoms with van der Waals surface area (Å²) in [5.74, 6) is 0.0265. The first-order valence-electron chi connectivity index (χ1n) is 7.39. The quantitative estimate of drug-likeness (QED) is 0.694. The van der Waals surface area contributed by atoms with E-state index in [2.05, 4.69) is 5.32 Å². The smallest absolute Gasteiger partial charge is 0.292 e. The van der Waals surface area contributed by atoms with Crippen LogP contribution >= 0.6 is 0 Å². The Bertz CT molecular complexity index is 802. The number of nitrogens with zero attached hydrogens (tertiary/aromatic N) is 2. The van der Waals surface area contributed by atoms with E-state index < -0.39 is 0 Å². The third-order valence-electron chi connectivity index (χ3n) is 3.98. The van der Waals surface area contributed by atoms with E-state index in [1.165, 1.54) is 0 Å². The molecule has 6 nitrogen and oxygen atoms in total. The molecule has 0 aromatic heterocycles. The number of amides is 1. The number of nitro benzene ring substituents is 1. The van der Waals surface area contributed by atoms with Gasteiger partial charge in [0, 0.05) is 30.9 Å². The lowest BCUT2D eigenvalue weighted by Crippen LogP contribution is -2.25. The molecule has 0 aliphatic carbocycles. The molecular formula is C17H17N3O3. The number of nitrogens with one attached hydrogen (secondary N) is 1. The van der Waals surface area contributed by atoms with Crippen LogP contribution in [-0.4, -0.2) is 17.4 Å². The highest BCUT2D eigenvalue weighted by atomic mass is 16.6. The van der Waals surface area contributed by atoms with E-state index in [1.807, 2.05) is 31.2 Å². The molecule has 2 aromatic carbocycles. The van der Waals surface area contributed by atoms with Crippen molar-refractivity contribution >= 4 is 28.7 Å². The van der Waals surface area contributed by atoms with Gasteiger partial charge in [0.05, 0.1) is 4.92 Å². The van der Waals surface area contributed by atoms with Gasteiger partial charge in [-0.1, -0.05) is 6.07 Å². The Labute approximate surface area is 133 Å². The molecule has 0 fully saturated rings. The third-order valence-corrected chi connectivity index (χ3v) is 3.98. The van der Waals surface area contributed by atoms with Gasteiger partial charge in [-0.3, -0.25) is 14.9 Å². The molecule has 0 radical (unpaired) electrons. The van der Waals surface area contributed by atoms with Gasteiger partial charge in [-0.2, -0.15) is 0 Å². The van der Waals surface area contributed by atoms with Gasteiger partial charge in [0.1, 0.15) is 5.69 Å². The highest BCUT2D eigenvalue weighted by molar-refractivity contribution is 5.94. The number of hydrogen-bond donors (Lipinski definition) is 1. The Hall–Kier alpha value is -2.89. The average molecular weight is 311 g/mol. The Morgan fingerprint density at radius 2 is 2.04 bits per heavy atom. The number of fused-ring (bicyclic) bond motifs is 1. The summed E-state index contributed by atoms with van der Waals surface area (Å²) in [6.07, 6.45) is 0.792. The highest BCUT2D eigenvalue weighted by Gasteiger charge is 2.22. The van der Waals surface area contributed by atoms with Gasteiger partial charge in [-0.15, -0.1) is 0 Å². The Morgan fingerprint density at radius 3 is 2.74 bits per heavy atom. The average Bonchev–Trinajstić information content (AvgIpc) is 2.92. The molecule has 23 heavy (non-hydrogen) atoms. The minimum absolute atomic E-state index is 0.0265. The number of anilines is 3. The van der Waals surface area contributed by atoms with Crippen LogP contribution in [-0.2, 0) is 11.2 Å². The maximum atomic E-state index is 11.6. The first-order chi connectivity index (χ1) is 11.0. The van der Waals surface area contributed by atoms with E-state index in [1.54, 1.807) is 24.0 Å². The molecule has 0 unspecified atom stereocenters. The van der Waals surface area contributed by atoms with E-state index in [0.29, 0.717) is 12.2 Å². The highest BCUT2D eigenvalue weighted by Crippen LogP contribution is 2.33. The van der Waals surface area contributed by atoms with Crippen molar-refractivity contribution in [3.8, 4) is 0 Å². The van der Waals surface area contributed by atoms with Gasteiger partial charge in [0.25, 0.3) is 5.69 Å². The van der Waals surface area contributed by atoms with Crippen LogP contribution in [0.2, 0.25) is 0 Å². The number of aryl methyl sites for hydroxylation is 1. The number of benzene rings is 2. The predicted molar refractivity (Wildman–Crippen MR) is 89.3 cm³/mol. The molecular weight excluding hydrogens is 294 g/mol. The number of carbonyl (C=O) groups excluding carboxylic acids is 1. The number of rotatable bonds is 3. The standard InChI is InChI=1S/C17H17N3O3/c1-11-3-5-15(17(9-11)20(22)23)18-14-4-6-16-13(10-14)7-8-19(16)12(2)21/h3-6,9-10,18H,7-8H2,1-2H3. The zero-order valence-electron chi connectivity index (χ0n) is 13.0. The zero-order valence-corrected chi connectivity index (χ0v) is 13.0. The summed E-state index contributed by atoms with van der Waals surface area (Å²) in [4.78, 5) is 24.1. The van der Waals surface area contributed by atoms with Gasteiger partial charge in [0.2, 0.25) is 5.91 Å². The van der Waals surface area contributed by atoms with Gasteiger partial charge in [-0.05, 0) is 48.7 Å². The van der Waals surface area contributed by atoms with E-state index in [4.69, 9.17) is 0 Å². The first-order valence-corrected chi connectivity index (χ1v) is 7.39. The molecule has 0 saturated heterocycles. The van der Waals surface area contributed by atoms with Gasteiger partial charge < -0.3 is 10.2 Å². The van der Waals surface area contributed by atoms with Crippen LogP contribution in [0.1, 0.15) is 18.1 Å². The van der Waals surface area contributed by atoms with Crippen LogP contribution in [0.5, 0.6) is 0 Å². The molecule has 118 valence electrons. The van der Waals surface area contributed by atoms with Gasteiger partial charge in [0.15, 0.2) is 0 Å². The number of nitro groups is 1. The molecule has 1 aliphatic rings. The molecule has 0 spiro atoms. The topological polar surface area (TPSA) is 75.5 Å². The Balaban J connectivity index is 1.91. The van der Waals surface area contributed by atoms with Crippen molar-refractivity contribution in [2.24, 2.45) is 0 Å². The van der Waals surface area contributed by atoms with E-state index in [0.717, 1.165) is 28.9 Å². The van der Waals surface area contributed by atoms with Crippen molar-refractivity contribution in [3.05, 3.63) is 57.6 Å². The molecule has 0 bridgehead atoms. The van der Waals surface area contributed by atoms with Crippen LogP contribution in [0, 0.1) is 17.0 Å². The molecule has 0 saturated carbocycles. The fraction of sp³-hybridized carbons (Fsp3) is 0.235. The van der Waals surface area contributed by atoms with Crippen molar-refractivity contribution < 1.29 is 9.72 Å². The van der Waals surface area contributed by atoms with Crippen LogP contribution in [0.3, 0.4) is 0 Å². The maximum absolute atomic E-state index is 11.6. The molecule has 1 amide bonds. The van der Waals surface area contributed by atoms with Crippen LogP contribution < -0.4 is 10.2 Å². The summed E-state index contributed by atoms with van der Waals surface area (Å²) in [5.41, 5.74) is 4.12. The number of carbonyl (C=O) groups is 1. The fourth-order valence-electron chi connectivity index (χ4n) is 2.86. The molecule has 0 atom stereocenters. The van der Waals surface area contributed by atoms with Crippen LogP contribution in [0.15, 0.2) is 36.4 Å². The Kier molecular flexibility index (Phi) is 3.73. The lowest BCUT2D eigenvalue weighted by atomic mass is 10.1. The Morgan fingerprint density at radius 1 is 1.26 bits per heavy atom. The van der Waals surface area contributed by atoms with Crippen LogP contribution in [0.25, 0.3) is 0 Å². The number of hydrogen-bond acceptors (Lipinski definition) is 4. The van der Waals surface area contributed by atoms with Crippen molar-refractivity contribution in [1.29, 1.82) is 0 Å². The lowest BCUT2D eigenvalue weighted by Gasteiger charge is -2.15. The molecule has 2 aromatic rings. The summed E-state index contributed by atoms with van der Waals surface area (Å²) < 4.78 is 0.